The number of rotatable bonds is 0. The molecular weight excluding hydrogens is 88.1 g/mol. The highest BCUT2D eigenvalue weighted by Crippen LogP contribution is 2.40. The fraction of sp³-hybridized carbons (Fsp3) is 1.00. The molecule has 1 aliphatic heterocycles. The van der Waals surface area contributed by atoms with E-state index in [4.69, 9.17) is 5.73 Å². The van der Waals surface area contributed by atoms with Crippen molar-refractivity contribution in [2.24, 2.45) is 11.8 Å². The van der Waals surface area contributed by atoms with Gasteiger partial charge in [-0.2, -0.15) is 0 Å². The number of piperidine rings is 1. The average molecular weight is 97.1 g/mol. The van der Waals surface area contributed by atoms with Crippen LogP contribution in [0.1, 0.15) is 0 Å². The molecule has 2 unspecified atom stereocenters. The fourth-order valence-corrected chi connectivity index (χ4v) is 1.42. The normalized spacial score (nSPS) is 57.0. The summed E-state index contributed by atoms with van der Waals surface area (Å²) in [5.74, 6) is 1.47. The quantitative estimate of drug-likeness (QED) is 0.434. The molecule has 1 aliphatic carbocycles. The molecule has 0 aromatic heterocycles. The highest BCUT2D eigenvalue weighted by atomic mass is 15.0. The predicted molar refractivity (Wildman–Crippen MR) is 26.7 cm³/mol. The van der Waals surface area contributed by atoms with Crippen LogP contribution in [0.25, 0.3) is 0 Å². The summed E-state index contributed by atoms with van der Waals surface area (Å²) in [7, 11) is 0. The maximum Gasteiger partial charge on any atom is 0.0301 e. The lowest BCUT2D eigenvalue weighted by Gasteiger charge is -1.93. The van der Waals surface area contributed by atoms with Crippen molar-refractivity contribution in [3.05, 3.63) is 0 Å². The third-order valence-corrected chi connectivity index (χ3v) is 2.09. The van der Waals surface area contributed by atoms with Gasteiger partial charge in [-0.15, -0.1) is 0 Å². The third kappa shape index (κ3) is 0.359. The van der Waals surface area contributed by atoms with Crippen LogP contribution in [-0.4, -0.2) is 19.1 Å². The zero-order valence-electron chi connectivity index (χ0n) is 4.15. The average Bonchev–Trinajstić information content (AvgIpc) is 2.26. The minimum Gasteiger partial charge on any atom is -0.316 e. The van der Waals surface area contributed by atoms with E-state index < -0.39 is 0 Å². The van der Waals surface area contributed by atoms with Gasteiger partial charge < -0.3 is 5.32 Å². The van der Waals surface area contributed by atoms with Crippen LogP contribution in [-0.2, 0) is 0 Å². The number of fused-ring (bicyclic) bond motifs is 1. The molecule has 2 fully saturated rings. The predicted octanol–water partition coefficient (Wildman–Crippen LogP) is -0.513. The lowest BCUT2D eigenvalue weighted by Crippen LogP contribution is -2.16. The van der Waals surface area contributed by atoms with Crippen molar-refractivity contribution in [3.63, 3.8) is 0 Å². The topological polar surface area (TPSA) is 35.8 Å². The van der Waals surface area contributed by atoms with Crippen molar-refractivity contribution in [2.75, 3.05) is 13.1 Å². The molecule has 2 N–H and O–H groups in total. The summed E-state index contributed by atoms with van der Waals surface area (Å²) in [5, 5.41) is 3.23. The first-order valence-corrected chi connectivity index (χ1v) is 2.81. The van der Waals surface area contributed by atoms with Gasteiger partial charge in [0.15, 0.2) is 0 Å². The molecule has 2 atom stereocenters. The minimum atomic E-state index is 0.307. The Morgan fingerprint density at radius 3 is 2.14 bits per heavy atom. The fourth-order valence-electron chi connectivity index (χ4n) is 1.42. The van der Waals surface area contributed by atoms with Gasteiger partial charge in [-0.1, -0.05) is 0 Å². The molecule has 0 aromatic carbocycles. The molecule has 39 valence electrons. The largest absolute Gasteiger partial charge is 0.316 e. The van der Waals surface area contributed by atoms with E-state index in [9.17, 15) is 0 Å². The van der Waals surface area contributed by atoms with Gasteiger partial charge in [-0.3, -0.25) is 5.73 Å². The van der Waals surface area contributed by atoms with E-state index in [1.165, 1.54) is 0 Å². The van der Waals surface area contributed by atoms with Gasteiger partial charge >= 0.3 is 0 Å². The van der Waals surface area contributed by atoms with Gasteiger partial charge in [0.25, 0.3) is 0 Å². The Kier molecular flexibility index (Phi) is 0.557. The van der Waals surface area contributed by atoms with Crippen molar-refractivity contribution < 1.29 is 0 Å². The van der Waals surface area contributed by atoms with Crippen LogP contribution in [0.15, 0.2) is 0 Å². The van der Waals surface area contributed by atoms with Crippen molar-refractivity contribution in [2.45, 2.75) is 6.04 Å². The van der Waals surface area contributed by atoms with Gasteiger partial charge in [0.1, 0.15) is 0 Å². The van der Waals surface area contributed by atoms with E-state index in [1.807, 2.05) is 0 Å². The second kappa shape index (κ2) is 1.01. The maximum atomic E-state index is 7.27. The molecule has 0 spiro atoms. The van der Waals surface area contributed by atoms with Crippen LogP contribution in [0.3, 0.4) is 0 Å². The molecule has 1 heterocycles. The molecule has 1 saturated heterocycles. The molecule has 0 bridgehead atoms. The molecule has 2 rings (SSSR count). The monoisotopic (exact) mass is 97.1 g/mol. The van der Waals surface area contributed by atoms with Gasteiger partial charge in [-0.25, -0.2) is 0 Å². The molecule has 0 amide bonds. The molecule has 7 heavy (non-hydrogen) atoms. The summed E-state index contributed by atoms with van der Waals surface area (Å²) in [6, 6.07) is 0.307. The summed E-state index contributed by atoms with van der Waals surface area (Å²) >= 11 is 0. The Bertz CT molecular complexity index is 82.1. The SMILES string of the molecule is [NH]C1C2CNCC12. The Labute approximate surface area is 43.1 Å². The molecular formula is C5H9N2. The molecule has 1 radical (unpaired) electrons. The van der Waals surface area contributed by atoms with E-state index in [2.05, 4.69) is 5.32 Å². The molecule has 2 heteroatoms. The second-order valence-corrected chi connectivity index (χ2v) is 2.51. The Hall–Kier alpha value is -0.0800. The highest BCUT2D eigenvalue weighted by molar-refractivity contribution is 5.06. The maximum absolute atomic E-state index is 7.27. The lowest BCUT2D eigenvalue weighted by molar-refractivity contribution is 0.668. The van der Waals surface area contributed by atoms with E-state index in [1.54, 1.807) is 0 Å². The van der Waals surface area contributed by atoms with Crippen molar-refractivity contribution >= 4 is 0 Å². The molecule has 2 nitrogen and oxygen atoms in total. The van der Waals surface area contributed by atoms with E-state index >= 15 is 0 Å². The summed E-state index contributed by atoms with van der Waals surface area (Å²) < 4.78 is 0. The Morgan fingerprint density at radius 2 is 1.86 bits per heavy atom. The first kappa shape index (κ1) is 3.87. The summed E-state index contributed by atoms with van der Waals surface area (Å²) in [6.45, 7) is 2.22. The van der Waals surface area contributed by atoms with Crippen LogP contribution in [0.4, 0.5) is 0 Å². The van der Waals surface area contributed by atoms with Gasteiger partial charge in [0.05, 0.1) is 0 Å². The Morgan fingerprint density at radius 1 is 1.29 bits per heavy atom. The molecule has 0 aromatic rings. The number of nitrogens with one attached hydrogen (secondary N) is 2. The summed E-state index contributed by atoms with van der Waals surface area (Å²) in [6.07, 6.45) is 0. The lowest BCUT2D eigenvalue weighted by atomic mass is 10.4. The van der Waals surface area contributed by atoms with Crippen LogP contribution < -0.4 is 11.1 Å². The van der Waals surface area contributed by atoms with Gasteiger partial charge in [-0.05, 0) is 24.9 Å². The summed E-state index contributed by atoms with van der Waals surface area (Å²) in [5.41, 5.74) is 7.27. The Balaban J connectivity index is 2.06. The van der Waals surface area contributed by atoms with Crippen molar-refractivity contribution in [1.82, 2.24) is 11.1 Å². The number of hydrogen-bond donors (Lipinski definition) is 1. The van der Waals surface area contributed by atoms with Gasteiger partial charge in [0, 0.05) is 6.04 Å². The first-order valence-electron chi connectivity index (χ1n) is 2.81. The van der Waals surface area contributed by atoms with Crippen LogP contribution >= 0.6 is 0 Å². The molecule has 1 saturated carbocycles. The smallest absolute Gasteiger partial charge is 0.0301 e. The van der Waals surface area contributed by atoms with Crippen molar-refractivity contribution in [1.29, 1.82) is 0 Å². The first-order chi connectivity index (χ1) is 3.39. The zero-order chi connectivity index (χ0) is 4.85. The van der Waals surface area contributed by atoms with Crippen LogP contribution in [0.5, 0.6) is 0 Å². The van der Waals surface area contributed by atoms with E-state index in [0.29, 0.717) is 6.04 Å². The van der Waals surface area contributed by atoms with E-state index in [0.717, 1.165) is 24.9 Å². The highest BCUT2D eigenvalue weighted by Gasteiger charge is 2.50. The zero-order valence-corrected chi connectivity index (χ0v) is 4.15. The van der Waals surface area contributed by atoms with Crippen LogP contribution in [0.2, 0.25) is 0 Å². The third-order valence-electron chi connectivity index (χ3n) is 2.09. The number of hydrogen-bond acceptors (Lipinski definition) is 1. The minimum absolute atomic E-state index is 0.307. The van der Waals surface area contributed by atoms with E-state index in [-0.39, 0.29) is 0 Å². The summed E-state index contributed by atoms with van der Waals surface area (Å²) in [4.78, 5) is 0. The second-order valence-electron chi connectivity index (χ2n) is 2.51. The standard InChI is InChI=1S/C5H9N2/c6-5-3-1-7-2-4(3)5/h3-7H,1-2H2. The van der Waals surface area contributed by atoms with Gasteiger partial charge in [0.2, 0.25) is 0 Å². The van der Waals surface area contributed by atoms with Crippen molar-refractivity contribution in [3.8, 4) is 0 Å². The van der Waals surface area contributed by atoms with Crippen LogP contribution in [0, 0.1) is 11.8 Å². The molecule has 2 aliphatic rings.